The van der Waals surface area contributed by atoms with Gasteiger partial charge in [0, 0.05) is 6.42 Å². The molecule has 0 unspecified atom stereocenters. The van der Waals surface area contributed by atoms with Crippen molar-refractivity contribution in [2.45, 2.75) is 110 Å². The molecule has 3 nitrogen and oxygen atoms in total. The van der Waals surface area contributed by atoms with E-state index in [4.69, 9.17) is 8.91 Å². The van der Waals surface area contributed by atoms with Crippen molar-refractivity contribution in [3.8, 4) is 0 Å². The predicted octanol–water partition coefficient (Wildman–Crippen LogP) is 5.57. The molecule has 0 saturated heterocycles. The molecule has 0 aliphatic heterocycles. The van der Waals surface area contributed by atoms with Crippen molar-refractivity contribution in [2.75, 3.05) is 0 Å². The summed E-state index contributed by atoms with van der Waals surface area (Å²) in [7, 11) is 0. The predicted molar refractivity (Wildman–Crippen MR) is 95.0 cm³/mol. The zero-order valence-electron chi connectivity index (χ0n) is 14.8. The van der Waals surface area contributed by atoms with E-state index >= 15 is 0 Å². The van der Waals surface area contributed by atoms with Gasteiger partial charge < -0.3 is 5.11 Å². The molecule has 0 spiro atoms. The summed E-state index contributed by atoms with van der Waals surface area (Å²) in [6.45, 7) is 2.27. The monoisotopic (exact) mass is 328 g/mol. The van der Waals surface area contributed by atoms with Crippen molar-refractivity contribution < 1.29 is 13.7 Å². The van der Waals surface area contributed by atoms with Crippen LogP contribution in [0.5, 0.6) is 0 Å². The van der Waals surface area contributed by atoms with Gasteiger partial charge >= 0.3 is 26.0 Å². The molecule has 0 fully saturated rings. The van der Waals surface area contributed by atoms with E-state index in [2.05, 4.69) is 6.92 Å². The second kappa shape index (κ2) is 23.1. The van der Waals surface area contributed by atoms with Gasteiger partial charge in [0.05, 0.1) is 0 Å². The van der Waals surface area contributed by atoms with Crippen molar-refractivity contribution in [3.63, 3.8) is 0 Å². The van der Waals surface area contributed by atoms with Gasteiger partial charge in [-0.3, -0.25) is 4.79 Å². The van der Waals surface area contributed by atoms with Gasteiger partial charge in [-0.25, -0.2) is 0 Å². The van der Waals surface area contributed by atoms with Gasteiger partial charge in [-0.2, -0.15) is 0 Å². The fraction of sp³-hybridized carbons (Fsp3) is 0.944. The molecule has 4 heteroatoms. The number of hydrogen-bond donors (Lipinski definition) is 1. The van der Waals surface area contributed by atoms with Crippen LogP contribution in [0.25, 0.3) is 0 Å². The number of rotatable bonds is 16. The molecule has 0 radical (unpaired) electrons. The van der Waals surface area contributed by atoms with E-state index in [0.29, 0.717) is 22.6 Å². The third kappa shape index (κ3) is 24.8. The summed E-state index contributed by atoms with van der Waals surface area (Å²) in [5, 5.41) is 8.52. The Bertz CT molecular complexity index is 222. The van der Waals surface area contributed by atoms with Crippen molar-refractivity contribution in [3.05, 3.63) is 0 Å². The first kappa shape index (κ1) is 24.1. The maximum absolute atomic E-state index is 10.3. The second-order valence-corrected chi connectivity index (χ2v) is 6.09. The molecule has 0 amide bonds. The van der Waals surface area contributed by atoms with Crippen LogP contribution >= 0.6 is 0 Å². The van der Waals surface area contributed by atoms with Crippen LogP contribution in [0.15, 0.2) is 0 Å². The van der Waals surface area contributed by atoms with Crippen molar-refractivity contribution in [1.82, 2.24) is 0 Å². The molecule has 0 bridgehead atoms. The van der Waals surface area contributed by atoms with Gasteiger partial charge in [0.25, 0.3) is 0 Å². The first-order valence-electron chi connectivity index (χ1n) is 9.28. The fourth-order valence-corrected chi connectivity index (χ4v) is 2.65. The molecular weight excluding hydrogens is 291 g/mol. The standard InChI is InChI=1S/C18H36O2.Al.O.H/c1-2-3-4-5-6-7-8-9-10-11-12-13-14-15-16-17-18(19)20;;;/h2-17H2,1H3,(H,19,20);;;. The Balaban J connectivity index is 0. The summed E-state index contributed by atoms with van der Waals surface area (Å²) in [4.78, 5) is 10.3. The van der Waals surface area contributed by atoms with E-state index in [0.717, 1.165) is 12.8 Å². The Morgan fingerprint density at radius 2 is 0.909 bits per heavy atom. The molecule has 0 rings (SSSR count). The zero-order chi connectivity index (χ0) is 16.9. The molecule has 0 heterocycles. The summed E-state index contributed by atoms with van der Waals surface area (Å²) >= 11 is 0.611. The zero-order valence-corrected chi connectivity index (χ0v) is 16.2. The molecule has 0 aliphatic rings. The van der Waals surface area contributed by atoms with Gasteiger partial charge in [-0.1, -0.05) is 96.8 Å². The van der Waals surface area contributed by atoms with E-state index in [1.165, 1.54) is 83.5 Å². The van der Waals surface area contributed by atoms with Crippen molar-refractivity contribution in [2.24, 2.45) is 0 Å². The molecule has 0 atom stereocenters. The Hall–Kier alpha value is -0.198. The second-order valence-electron chi connectivity index (χ2n) is 6.09. The van der Waals surface area contributed by atoms with Gasteiger partial charge in [-0.05, 0) is 6.42 Å². The van der Waals surface area contributed by atoms with Crippen LogP contribution in [0, 0.1) is 0 Å². The number of hydrogen-bond acceptors (Lipinski definition) is 2. The molecule has 0 aromatic rings. The first-order valence-corrected chi connectivity index (χ1v) is 9.85. The number of unbranched alkanes of at least 4 members (excludes halogenated alkanes) is 14. The van der Waals surface area contributed by atoms with Gasteiger partial charge in [0.2, 0.25) is 0 Å². The molecule has 0 saturated carbocycles. The Labute approximate surface area is 145 Å². The molecule has 22 heavy (non-hydrogen) atoms. The Morgan fingerprint density at radius 3 is 1.18 bits per heavy atom. The summed E-state index contributed by atoms with van der Waals surface area (Å²) in [6, 6.07) is 0. The molecule has 130 valence electrons. The van der Waals surface area contributed by atoms with Crippen LogP contribution in [0.1, 0.15) is 110 Å². The Kier molecular flexibility index (Phi) is 25.2. The normalized spacial score (nSPS) is 10.0. The van der Waals surface area contributed by atoms with E-state index in [1.54, 1.807) is 0 Å². The van der Waals surface area contributed by atoms with Crippen LogP contribution in [0.3, 0.4) is 0 Å². The van der Waals surface area contributed by atoms with E-state index < -0.39 is 5.97 Å². The van der Waals surface area contributed by atoms with Crippen LogP contribution in [-0.2, 0) is 8.60 Å². The summed E-state index contributed by atoms with van der Waals surface area (Å²) < 4.78 is 8.28. The average molecular weight is 328 g/mol. The number of carboxylic acids is 1. The Morgan fingerprint density at radius 1 is 0.636 bits per heavy atom. The minimum atomic E-state index is -0.653. The minimum absolute atomic E-state index is 0.345. The summed E-state index contributed by atoms with van der Waals surface area (Å²) in [6.07, 6.45) is 20.2. The summed E-state index contributed by atoms with van der Waals surface area (Å²) in [5.41, 5.74) is 0. The third-order valence-corrected chi connectivity index (χ3v) is 3.99. The molecular formula is C18H37AlO3. The third-order valence-electron chi connectivity index (χ3n) is 3.99. The fourth-order valence-electron chi connectivity index (χ4n) is 2.65. The number of carboxylic acid groups (broad SMARTS) is 1. The van der Waals surface area contributed by atoms with Crippen LogP contribution in [0.2, 0.25) is 0 Å². The topological polar surface area (TPSA) is 54.4 Å². The van der Waals surface area contributed by atoms with Crippen LogP contribution in [0.4, 0.5) is 0 Å². The average Bonchev–Trinajstić information content (AvgIpc) is 2.53. The first-order chi connectivity index (χ1) is 10.8. The molecule has 0 aromatic heterocycles. The van der Waals surface area contributed by atoms with Crippen molar-refractivity contribution in [1.29, 1.82) is 0 Å². The SMILES string of the molecule is CCCCCCCCCCCCCCCCCC(=O)O.[O]=[AlH]. The van der Waals surface area contributed by atoms with Gasteiger partial charge in [-0.15, -0.1) is 0 Å². The number of carbonyl (C=O) groups is 1. The van der Waals surface area contributed by atoms with E-state index in [1.807, 2.05) is 0 Å². The molecule has 0 aliphatic carbocycles. The van der Waals surface area contributed by atoms with Crippen molar-refractivity contribution >= 4 is 22.2 Å². The maximum atomic E-state index is 10.3. The molecule has 1 N–H and O–H groups in total. The van der Waals surface area contributed by atoms with Gasteiger partial charge in [0.1, 0.15) is 0 Å². The number of aliphatic carboxylic acids is 1. The van der Waals surface area contributed by atoms with Crippen LogP contribution in [-0.4, -0.2) is 27.3 Å². The van der Waals surface area contributed by atoms with Gasteiger partial charge in [0.15, 0.2) is 0 Å². The summed E-state index contributed by atoms with van der Waals surface area (Å²) in [5.74, 6) is -0.653. The van der Waals surface area contributed by atoms with E-state index in [9.17, 15) is 4.79 Å². The van der Waals surface area contributed by atoms with Crippen LogP contribution < -0.4 is 0 Å². The van der Waals surface area contributed by atoms with E-state index in [-0.39, 0.29) is 0 Å². The quantitative estimate of drug-likeness (QED) is 0.298. The molecule has 0 aromatic carbocycles.